The van der Waals surface area contributed by atoms with Crippen LogP contribution in [0.15, 0.2) is 89.9 Å². The molecule has 7 nitrogen and oxygen atoms in total. The van der Waals surface area contributed by atoms with Gasteiger partial charge in [0.25, 0.3) is 5.91 Å². The van der Waals surface area contributed by atoms with Crippen LogP contribution in [0.1, 0.15) is 38.3 Å². The topological polar surface area (TPSA) is 111 Å². The first-order chi connectivity index (χ1) is 17.9. The predicted molar refractivity (Wildman–Crippen MR) is 148 cm³/mol. The molecular weight excluding hydrogens is 486 g/mol. The first-order valence-electron chi connectivity index (χ1n) is 11.7. The Labute approximate surface area is 219 Å². The second-order valence-corrected chi connectivity index (χ2v) is 9.48. The van der Waals surface area contributed by atoms with Crippen molar-refractivity contribution in [1.82, 2.24) is 5.32 Å². The molecule has 2 amide bonds. The number of nitrogen functional groups attached to an aromatic ring is 1. The van der Waals surface area contributed by atoms with E-state index in [1.807, 2.05) is 29.7 Å². The molecule has 4 N–H and O–H groups in total. The lowest BCUT2D eigenvalue weighted by Crippen LogP contribution is -2.28. The maximum absolute atomic E-state index is 13.2. The number of allylic oxidation sites excluding steroid dienone is 1. The highest BCUT2D eigenvalue weighted by Gasteiger charge is 2.22. The maximum Gasteiger partial charge on any atom is 0.337 e. The van der Waals surface area contributed by atoms with Gasteiger partial charge in [-0.3, -0.25) is 9.59 Å². The summed E-state index contributed by atoms with van der Waals surface area (Å²) in [4.78, 5) is 37.4. The van der Waals surface area contributed by atoms with Crippen LogP contribution in [0.5, 0.6) is 0 Å². The fourth-order valence-corrected chi connectivity index (χ4v) is 4.72. The third-order valence-electron chi connectivity index (χ3n) is 5.83. The summed E-state index contributed by atoms with van der Waals surface area (Å²) >= 11 is 1.60. The molecule has 1 atom stereocenters. The molecule has 0 radical (unpaired) electrons. The zero-order valence-corrected chi connectivity index (χ0v) is 21.1. The van der Waals surface area contributed by atoms with Crippen LogP contribution in [0.2, 0.25) is 0 Å². The number of hydrogen-bond donors (Lipinski definition) is 3. The van der Waals surface area contributed by atoms with Crippen molar-refractivity contribution in [2.45, 2.75) is 18.2 Å². The van der Waals surface area contributed by atoms with Gasteiger partial charge in [-0.2, -0.15) is 0 Å². The highest BCUT2D eigenvalue weighted by molar-refractivity contribution is 8.03. The number of anilines is 2. The molecule has 1 unspecified atom stereocenters. The van der Waals surface area contributed by atoms with Gasteiger partial charge in [0.05, 0.1) is 24.0 Å². The van der Waals surface area contributed by atoms with Crippen LogP contribution in [-0.4, -0.2) is 30.1 Å². The van der Waals surface area contributed by atoms with Gasteiger partial charge in [0.15, 0.2) is 0 Å². The van der Waals surface area contributed by atoms with Crippen LogP contribution in [0.25, 0.3) is 6.08 Å². The van der Waals surface area contributed by atoms with E-state index in [0.29, 0.717) is 34.6 Å². The average molecular weight is 514 g/mol. The first kappa shape index (κ1) is 25.8. The van der Waals surface area contributed by atoms with E-state index in [-0.39, 0.29) is 17.1 Å². The Morgan fingerprint density at radius 1 is 1.00 bits per heavy atom. The molecule has 3 aromatic rings. The number of hydrogen-bond acceptors (Lipinski definition) is 6. The van der Waals surface area contributed by atoms with Gasteiger partial charge >= 0.3 is 5.97 Å². The van der Waals surface area contributed by atoms with Crippen molar-refractivity contribution in [3.8, 4) is 0 Å². The van der Waals surface area contributed by atoms with E-state index in [0.717, 1.165) is 17.5 Å². The monoisotopic (exact) mass is 513 g/mol. The number of benzene rings is 3. The SMILES string of the molecule is COC(=O)c1ccc(/C=C(/C(=O)NCc2ccc(C(=O)Nc3ccccc3N)cc2)C2CC=CS2)cc1. The van der Waals surface area contributed by atoms with E-state index in [4.69, 9.17) is 10.5 Å². The van der Waals surface area contributed by atoms with Gasteiger partial charge in [-0.15, -0.1) is 11.8 Å². The quantitative estimate of drug-likeness (QED) is 0.221. The number of carbonyl (C=O) groups excluding carboxylic acids is 3. The molecule has 188 valence electrons. The molecular formula is C29H27N3O4S. The van der Waals surface area contributed by atoms with Crippen LogP contribution in [0.4, 0.5) is 11.4 Å². The summed E-state index contributed by atoms with van der Waals surface area (Å²) < 4.78 is 4.75. The second-order valence-electron chi connectivity index (χ2n) is 8.37. The lowest BCUT2D eigenvalue weighted by atomic mass is 10.0. The van der Waals surface area contributed by atoms with Crippen LogP contribution >= 0.6 is 11.8 Å². The van der Waals surface area contributed by atoms with Gasteiger partial charge < -0.3 is 21.1 Å². The molecule has 1 aliphatic rings. The molecule has 0 saturated carbocycles. The number of carbonyl (C=O) groups is 3. The van der Waals surface area contributed by atoms with Gasteiger partial charge in [0, 0.05) is 22.9 Å². The lowest BCUT2D eigenvalue weighted by Gasteiger charge is -2.15. The van der Waals surface area contributed by atoms with E-state index >= 15 is 0 Å². The summed E-state index contributed by atoms with van der Waals surface area (Å²) in [6.07, 6.45) is 4.66. The zero-order chi connectivity index (χ0) is 26.2. The number of esters is 1. The number of para-hydroxylation sites is 2. The number of thioether (sulfide) groups is 1. The summed E-state index contributed by atoms with van der Waals surface area (Å²) in [5.41, 5.74) is 10.2. The van der Waals surface area contributed by atoms with E-state index in [1.54, 1.807) is 72.4 Å². The van der Waals surface area contributed by atoms with Gasteiger partial charge in [-0.1, -0.05) is 42.5 Å². The number of nitrogens with two attached hydrogens (primary N) is 1. The summed E-state index contributed by atoms with van der Waals surface area (Å²) in [5.74, 6) is -0.834. The molecule has 1 aliphatic heterocycles. The summed E-state index contributed by atoms with van der Waals surface area (Å²) in [7, 11) is 1.34. The predicted octanol–water partition coefficient (Wildman–Crippen LogP) is 5.03. The molecule has 4 rings (SSSR count). The van der Waals surface area contributed by atoms with E-state index in [1.165, 1.54) is 7.11 Å². The molecule has 0 spiro atoms. The minimum absolute atomic E-state index is 0.0109. The number of rotatable bonds is 8. The smallest absolute Gasteiger partial charge is 0.337 e. The molecule has 8 heteroatoms. The Morgan fingerprint density at radius 2 is 1.70 bits per heavy atom. The van der Waals surface area contributed by atoms with Gasteiger partial charge in [0.2, 0.25) is 5.91 Å². The van der Waals surface area contributed by atoms with Crippen molar-refractivity contribution in [3.05, 3.63) is 112 Å². The Balaban J connectivity index is 1.41. The minimum Gasteiger partial charge on any atom is -0.465 e. The summed E-state index contributed by atoms with van der Waals surface area (Å²) in [6.45, 7) is 0.315. The van der Waals surface area contributed by atoms with Crippen molar-refractivity contribution in [2.24, 2.45) is 0 Å². The highest BCUT2D eigenvalue weighted by Crippen LogP contribution is 2.31. The Morgan fingerprint density at radius 3 is 2.35 bits per heavy atom. The first-order valence-corrected chi connectivity index (χ1v) is 12.6. The summed E-state index contributed by atoms with van der Waals surface area (Å²) in [5, 5.41) is 7.80. The molecule has 0 aliphatic carbocycles. The molecule has 0 bridgehead atoms. The van der Waals surface area contributed by atoms with Gasteiger partial charge in [0.1, 0.15) is 0 Å². The number of ether oxygens (including phenoxy) is 1. The van der Waals surface area contributed by atoms with Gasteiger partial charge in [-0.25, -0.2) is 4.79 Å². The molecule has 0 aromatic heterocycles. The van der Waals surface area contributed by atoms with Crippen LogP contribution in [0, 0.1) is 0 Å². The van der Waals surface area contributed by atoms with Gasteiger partial charge in [-0.05, 0) is 65.4 Å². The molecule has 0 saturated heterocycles. The number of amides is 2. The van der Waals surface area contributed by atoms with Crippen LogP contribution in [0.3, 0.4) is 0 Å². The van der Waals surface area contributed by atoms with Crippen molar-refractivity contribution in [1.29, 1.82) is 0 Å². The molecule has 0 fully saturated rings. The average Bonchev–Trinajstić information content (AvgIpc) is 3.46. The van der Waals surface area contributed by atoms with E-state index in [9.17, 15) is 14.4 Å². The Bertz CT molecular complexity index is 1340. The fourth-order valence-electron chi connectivity index (χ4n) is 3.77. The highest BCUT2D eigenvalue weighted by atomic mass is 32.2. The Kier molecular flexibility index (Phi) is 8.43. The third kappa shape index (κ3) is 6.68. The molecule has 3 aromatic carbocycles. The van der Waals surface area contributed by atoms with E-state index < -0.39 is 5.97 Å². The largest absolute Gasteiger partial charge is 0.465 e. The van der Waals surface area contributed by atoms with Crippen molar-refractivity contribution in [3.63, 3.8) is 0 Å². The number of methoxy groups -OCH3 is 1. The summed E-state index contributed by atoms with van der Waals surface area (Å²) in [6, 6.07) is 21.1. The van der Waals surface area contributed by atoms with Crippen LogP contribution in [-0.2, 0) is 16.1 Å². The minimum atomic E-state index is -0.406. The van der Waals surface area contributed by atoms with E-state index in [2.05, 4.69) is 10.6 Å². The van der Waals surface area contributed by atoms with Crippen molar-refractivity contribution in [2.75, 3.05) is 18.2 Å². The zero-order valence-electron chi connectivity index (χ0n) is 20.3. The normalized spacial score (nSPS) is 14.7. The number of nitrogens with one attached hydrogen (secondary N) is 2. The fraction of sp³-hybridized carbons (Fsp3) is 0.138. The van der Waals surface area contributed by atoms with Crippen molar-refractivity contribution >= 4 is 47.0 Å². The lowest BCUT2D eigenvalue weighted by molar-refractivity contribution is -0.117. The van der Waals surface area contributed by atoms with Crippen LogP contribution < -0.4 is 16.4 Å². The van der Waals surface area contributed by atoms with Crippen molar-refractivity contribution < 1.29 is 19.1 Å². The second kappa shape index (κ2) is 12.1. The maximum atomic E-state index is 13.2. The standard InChI is InChI=1S/C29H27N3O4S/c1-36-29(35)22-14-8-19(9-15-22)17-23(26-7-4-16-37-26)28(34)31-18-20-10-12-21(13-11-20)27(33)32-25-6-3-2-5-24(25)30/h2-6,8-17,26H,7,18,30H2,1H3,(H,31,34)(H,32,33)/b23-17+. The Hall–Kier alpha value is -4.30. The molecule has 37 heavy (non-hydrogen) atoms. The molecule has 1 heterocycles. The third-order valence-corrected chi connectivity index (χ3v) is 6.95.